The van der Waals surface area contributed by atoms with E-state index in [0.717, 1.165) is 31.5 Å². The molecule has 0 radical (unpaired) electrons. The number of hydrogen-bond donors (Lipinski definition) is 3. The van der Waals surface area contributed by atoms with Crippen molar-refractivity contribution in [2.75, 3.05) is 25.0 Å². The molecule has 1 aliphatic rings. The van der Waals surface area contributed by atoms with Crippen molar-refractivity contribution in [1.82, 2.24) is 14.9 Å². The molecule has 1 aliphatic heterocycles. The number of nitrogens with one attached hydrogen (secondary N) is 3. The molecule has 0 aliphatic carbocycles. The Morgan fingerprint density at radius 3 is 2.30 bits per heavy atom. The van der Waals surface area contributed by atoms with Gasteiger partial charge in [-0.05, 0) is 68.8 Å². The fourth-order valence-corrected chi connectivity index (χ4v) is 5.32. The molecule has 0 bridgehead atoms. The third kappa shape index (κ3) is 6.77. The SMILES string of the molecule is CC(=O)Nc1ccc(S(=O)(=O)N[C@@H](C)C(=O)NCC(c2ccccc2Cl)N2CCCC2)cc1. The Bertz CT molecular complexity index is 1090. The van der Waals surface area contributed by atoms with Crippen LogP contribution in [0.3, 0.4) is 0 Å². The van der Waals surface area contributed by atoms with E-state index < -0.39 is 22.0 Å². The summed E-state index contributed by atoms with van der Waals surface area (Å²) in [6, 6.07) is 12.2. The Kier molecular flexibility index (Phi) is 8.47. The lowest BCUT2D eigenvalue weighted by Crippen LogP contribution is -2.47. The number of hydrogen-bond acceptors (Lipinski definition) is 5. The topological polar surface area (TPSA) is 108 Å². The second-order valence-corrected chi connectivity index (χ2v) is 10.2. The van der Waals surface area contributed by atoms with Gasteiger partial charge in [-0.3, -0.25) is 14.5 Å². The summed E-state index contributed by atoms with van der Waals surface area (Å²) in [6.45, 7) is 5.02. The molecule has 0 saturated carbocycles. The van der Waals surface area contributed by atoms with Crippen molar-refractivity contribution in [2.45, 2.75) is 43.7 Å². The molecule has 33 heavy (non-hydrogen) atoms. The van der Waals surface area contributed by atoms with Crippen LogP contribution in [0.5, 0.6) is 0 Å². The molecule has 3 N–H and O–H groups in total. The van der Waals surface area contributed by atoms with Gasteiger partial charge < -0.3 is 10.6 Å². The molecule has 10 heteroatoms. The molecule has 2 aromatic carbocycles. The number of carbonyl (C=O) groups is 2. The van der Waals surface area contributed by atoms with Crippen molar-refractivity contribution < 1.29 is 18.0 Å². The zero-order chi connectivity index (χ0) is 24.0. The normalized spacial score (nSPS) is 16.2. The van der Waals surface area contributed by atoms with Crippen molar-refractivity contribution in [3.05, 3.63) is 59.1 Å². The van der Waals surface area contributed by atoms with Gasteiger partial charge in [0.2, 0.25) is 21.8 Å². The van der Waals surface area contributed by atoms with E-state index in [1.165, 1.54) is 38.1 Å². The van der Waals surface area contributed by atoms with Gasteiger partial charge in [-0.25, -0.2) is 8.42 Å². The molecule has 1 saturated heterocycles. The van der Waals surface area contributed by atoms with Gasteiger partial charge in [-0.15, -0.1) is 0 Å². The highest BCUT2D eigenvalue weighted by Gasteiger charge is 2.27. The summed E-state index contributed by atoms with van der Waals surface area (Å²) >= 11 is 6.41. The summed E-state index contributed by atoms with van der Waals surface area (Å²) in [6.07, 6.45) is 2.18. The largest absolute Gasteiger partial charge is 0.353 e. The van der Waals surface area contributed by atoms with Gasteiger partial charge in [0.1, 0.15) is 0 Å². The second-order valence-electron chi connectivity index (χ2n) is 8.07. The summed E-state index contributed by atoms with van der Waals surface area (Å²) in [5, 5.41) is 6.09. The number of sulfonamides is 1. The lowest BCUT2D eigenvalue weighted by Gasteiger charge is -2.29. The van der Waals surface area contributed by atoms with Crippen LogP contribution in [0.1, 0.15) is 38.3 Å². The zero-order valence-electron chi connectivity index (χ0n) is 18.7. The first-order valence-electron chi connectivity index (χ1n) is 10.8. The van der Waals surface area contributed by atoms with Crippen molar-refractivity contribution >= 4 is 39.1 Å². The summed E-state index contributed by atoms with van der Waals surface area (Å²) < 4.78 is 27.8. The molecular weight excluding hydrogens is 464 g/mol. The highest BCUT2D eigenvalue weighted by molar-refractivity contribution is 7.89. The summed E-state index contributed by atoms with van der Waals surface area (Å²) in [7, 11) is -3.92. The minimum atomic E-state index is -3.92. The Hall–Kier alpha value is -2.46. The van der Waals surface area contributed by atoms with Crippen molar-refractivity contribution in [1.29, 1.82) is 0 Å². The highest BCUT2D eigenvalue weighted by Crippen LogP contribution is 2.29. The average molecular weight is 493 g/mol. The fourth-order valence-electron chi connectivity index (χ4n) is 3.86. The highest BCUT2D eigenvalue weighted by atomic mass is 35.5. The standard InChI is InChI=1S/C23H29ClN4O4S/c1-16(27-33(31,32)19-11-9-18(10-12-19)26-17(2)29)23(30)25-15-22(28-13-5-6-14-28)20-7-3-4-8-21(20)24/h3-4,7-12,16,22,27H,5-6,13-15H2,1-2H3,(H,25,30)(H,26,29)/t16-,22?/m0/s1. The van der Waals surface area contributed by atoms with Crippen LogP contribution < -0.4 is 15.4 Å². The first-order valence-corrected chi connectivity index (χ1v) is 12.7. The third-order valence-electron chi connectivity index (χ3n) is 5.53. The quantitative estimate of drug-likeness (QED) is 0.499. The van der Waals surface area contributed by atoms with Crippen LogP contribution in [-0.2, 0) is 19.6 Å². The van der Waals surface area contributed by atoms with E-state index >= 15 is 0 Å². The number of nitrogens with zero attached hydrogens (tertiary/aromatic N) is 1. The van der Waals surface area contributed by atoms with E-state index in [0.29, 0.717) is 17.3 Å². The van der Waals surface area contributed by atoms with Gasteiger partial charge in [-0.2, -0.15) is 4.72 Å². The first-order chi connectivity index (χ1) is 15.7. The monoisotopic (exact) mass is 492 g/mol. The number of rotatable bonds is 9. The maximum atomic E-state index is 12.7. The molecule has 8 nitrogen and oxygen atoms in total. The lowest BCUT2D eigenvalue weighted by molar-refractivity contribution is -0.122. The van der Waals surface area contributed by atoms with E-state index in [1.54, 1.807) is 0 Å². The van der Waals surface area contributed by atoms with Gasteiger partial charge in [0.15, 0.2) is 0 Å². The lowest BCUT2D eigenvalue weighted by atomic mass is 10.1. The van der Waals surface area contributed by atoms with Gasteiger partial charge in [0.25, 0.3) is 0 Å². The molecule has 3 rings (SSSR count). The van der Waals surface area contributed by atoms with Gasteiger partial charge >= 0.3 is 0 Å². The van der Waals surface area contributed by atoms with Crippen molar-refractivity contribution in [3.63, 3.8) is 0 Å². The Morgan fingerprint density at radius 2 is 1.70 bits per heavy atom. The molecule has 1 unspecified atom stereocenters. The van der Waals surface area contributed by atoms with Gasteiger partial charge in [0.05, 0.1) is 17.0 Å². The Morgan fingerprint density at radius 1 is 1.06 bits per heavy atom. The molecule has 2 aromatic rings. The van der Waals surface area contributed by atoms with Crippen molar-refractivity contribution in [2.24, 2.45) is 0 Å². The molecular formula is C23H29ClN4O4S. The van der Waals surface area contributed by atoms with Gasteiger partial charge in [0, 0.05) is 24.2 Å². The average Bonchev–Trinajstić information content (AvgIpc) is 3.29. The molecule has 1 fully saturated rings. The third-order valence-corrected chi connectivity index (χ3v) is 7.43. The maximum Gasteiger partial charge on any atom is 0.241 e. The van der Waals surface area contributed by atoms with Crippen LogP contribution in [0.25, 0.3) is 0 Å². The molecule has 178 valence electrons. The Balaban J connectivity index is 1.64. The molecule has 2 atom stereocenters. The predicted molar refractivity (Wildman–Crippen MR) is 129 cm³/mol. The number of amides is 2. The van der Waals surface area contributed by atoms with Crippen LogP contribution >= 0.6 is 11.6 Å². The second kappa shape index (κ2) is 11.1. The smallest absolute Gasteiger partial charge is 0.241 e. The van der Waals surface area contributed by atoms with Crippen LogP contribution in [0, 0.1) is 0 Å². The number of likely N-dealkylation sites (tertiary alicyclic amines) is 1. The fraction of sp³-hybridized carbons (Fsp3) is 0.391. The van der Waals surface area contributed by atoms with E-state index in [2.05, 4.69) is 20.3 Å². The van der Waals surface area contributed by atoms with Crippen LogP contribution in [-0.4, -0.2) is 50.8 Å². The zero-order valence-corrected chi connectivity index (χ0v) is 20.2. The Labute approximate surface area is 199 Å². The predicted octanol–water partition coefficient (Wildman–Crippen LogP) is 2.92. The van der Waals surface area contributed by atoms with Crippen LogP contribution in [0.4, 0.5) is 5.69 Å². The number of halogens is 1. The van der Waals surface area contributed by atoms with E-state index in [-0.39, 0.29) is 16.8 Å². The summed E-state index contributed by atoms with van der Waals surface area (Å²) in [5.74, 6) is -0.678. The van der Waals surface area contributed by atoms with Gasteiger partial charge in [-0.1, -0.05) is 29.8 Å². The van der Waals surface area contributed by atoms with E-state index in [1.807, 2.05) is 24.3 Å². The maximum absolute atomic E-state index is 12.7. The molecule has 1 heterocycles. The molecule has 0 aromatic heterocycles. The van der Waals surface area contributed by atoms with Crippen LogP contribution in [0.15, 0.2) is 53.4 Å². The molecule has 0 spiro atoms. The molecule has 2 amide bonds. The van der Waals surface area contributed by atoms with Crippen molar-refractivity contribution in [3.8, 4) is 0 Å². The minimum Gasteiger partial charge on any atom is -0.353 e. The van der Waals surface area contributed by atoms with Crippen LogP contribution in [0.2, 0.25) is 5.02 Å². The summed E-state index contributed by atoms with van der Waals surface area (Å²) in [4.78, 5) is 26.1. The number of carbonyl (C=O) groups excluding carboxylic acids is 2. The number of anilines is 1. The minimum absolute atomic E-state index is 0.00210. The summed E-state index contributed by atoms with van der Waals surface area (Å²) in [5.41, 5.74) is 1.42. The number of benzene rings is 2. The van der Waals surface area contributed by atoms with E-state index in [4.69, 9.17) is 11.6 Å². The van der Waals surface area contributed by atoms with E-state index in [9.17, 15) is 18.0 Å². The first kappa shape index (κ1) is 25.2.